The van der Waals surface area contributed by atoms with Gasteiger partial charge in [0.05, 0.1) is 25.3 Å². The molecule has 2 aromatic carbocycles. The maximum Gasteiger partial charge on any atom is 0.309 e. The van der Waals surface area contributed by atoms with Gasteiger partial charge in [-0.05, 0) is 67.0 Å². The van der Waals surface area contributed by atoms with Gasteiger partial charge in [-0.2, -0.15) is 5.10 Å². The van der Waals surface area contributed by atoms with Crippen LogP contribution in [-0.2, 0) is 22.5 Å². The van der Waals surface area contributed by atoms with Crippen LogP contribution in [0, 0.1) is 31.1 Å². The molecule has 0 amide bonds. The number of carbonyl (C=O) groups is 1. The van der Waals surface area contributed by atoms with Crippen molar-refractivity contribution in [3.63, 3.8) is 0 Å². The lowest BCUT2D eigenvalue weighted by molar-refractivity contribution is -0.143. The number of aryl methyl sites for hydroxylation is 1. The molecular formula is C26H30N2O3. The van der Waals surface area contributed by atoms with E-state index in [1.165, 1.54) is 12.7 Å². The summed E-state index contributed by atoms with van der Waals surface area (Å²) in [5, 5.41) is 4.80. The van der Waals surface area contributed by atoms with Crippen molar-refractivity contribution >= 4 is 5.97 Å². The fourth-order valence-electron chi connectivity index (χ4n) is 4.63. The molecule has 0 radical (unpaired) electrons. The Kier molecular flexibility index (Phi) is 5.61. The molecule has 5 heteroatoms. The second kappa shape index (κ2) is 8.22. The number of nitrogens with zero attached hydrogens (tertiary/aromatic N) is 2. The molecule has 0 saturated heterocycles. The zero-order chi connectivity index (χ0) is 22.2. The number of aromatic nitrogens is 2. The number of rotatable bonds is 7. The third-order valence-corrected chi connectivity index (χ3v) is 6.67. The van der Waals surface area contributed by atoms with Crippen molar-refractivity contribution in [1.29, 1.82) is 0 Å². The quantitative estimate of drug-likeness (QED) is 0.487. The molecule has 0 unspecified atom stereocenters. The van der Waals surface area contributed by atoms with Crippen molar-refractivity contribution in [1.82, 2.24) is 9.78 Å². The minimum absolute atomic E-state index is 0.0306. The largest absolute Gasteiger partial charge is 0.469 e. The third-order valence-electron chi connectivity index (χ3n) is 6.67. The SMILES string of the molecule is COC(=O)[C@H]1[C@@H](Cc2c(C)nn(Cc3cccc(Oc4ccccc4)c3)c2C)C1(C)C. The number of para-hydroxylation sites is 1. The van der Waals surface area contributed by atoms with E-state index in [0.717, 1.165) is 34.9 Å². The monoisotopic (exact) mass is 418 g/mol. The predicted octanol–water partition coefficient (Wildman–Crippen LogP) is 5.33. The van der Waals surface area contributed by atoms with E-state index < -0.39 is 0 Å². The second-order valence-electron chi connectivity index (χ2n) is 9.00. The van der Waals surface area contributed by atoms with Crippen LogP contribution in [0.5, 0.6) is 11.5 Å². The molecule has 1 saturated carbocycles. The summed E-state index contributed by atoms with van der Waals surface area (Å²) in [4.78, 5) is 12.1. The van der Waals surface area contributed by atoms with Crippen LogP contribution >= 0.6 is 0 Å². The first-order chi connectivity index (χ1) is 14.8. The molecule has 0 N–H and O–H groups in total. The van der Waals surface area contributed by atoms with Gasteiger partial charge in [-0.15, -0.1) is 0 Å². The van der Waals surface area contributed by atoms with Crippen LogP contribution < -0.4 is 4.74 Å². The van der Waals surface area contributed by atoms with Gasteiger partial charge < -0.3 is 9.47 Å². The normalized spacial score (nSPS) is 19.1. The van der Waals surface area contributed by atoms with Gasteiger partial charge in [0.25, 0.3) is 0 Å². The van der Waals surface area contributed by atoms with Gasteiger partial charge in [0.2, 0.25) is 0 Å². The molecule has 1 fully saturated rings. The first-order valence-electron chi connectivity index (χ1n) is 10.7. The highest BCUT2D eigenvalue weighted by Crippen LogP contribution is 2.60. The summed E-state index contributed by atoms with van der Waals surface area (Å²) < 4.78 is 13.0. The fourth-order valence-corrected chi connectivity index (χ4v) is 4.63. The molecule has 162 valence electrons. The molecule has 2 atom stereocenters. The van der Waals surface area contributed by atoms with Crippen molar-refractivity contribution in [3.05, 3.63) is 77.1 Å². The van der Waals surface area contributed by atoms with Crippen LogP contribution in [-0.4, -0.2) is 22.9 Å². The van der Waals surface area contributed by atoms with E-state index in [4.69, 9.17) is 14.6 Å². The average molecular weight is 419 g/mol. The molecule has 0 aliphatic heterocycles. The standard InChI is InChI=1S/C26H30N2O3/c1-17-22(15-23-24(25(29)30-5)26(23,3)4)18(2)28(27-17)16-19-10-9-13-21(14-19)31-20-11-7-6-8-12-20/h6-14,23-24H,15-16H2,1-5H3/t23-,24-/m1/s1. The van der Waals surface area contributed by atoms with E-state index in [9.17, 15) is 4.79 Å². The van der Waals surface area contributed by atoms with Crippen LogP contribution in [0.15, 0.2) is 54.6 Å². The Hall–Kier alpha value is -3.08. The topological polar surface area (TPSA) is 53.3 Å². The van der Waals surface area contributed by atoms with Crippen molar-refractivity contribution in [2.24, 2.45) is 17.3 Å². The Morgan fingerprint density at radius 2 is 1.77 bits per heavy atom. The van der Waals surface area contributed by atoms with E-state index in [1.807, 2.05) is 42.5 Å². The van der Waals surface area contributed by atoms with E-state index in [2.05, 4.69) is 44.5 Å². The van der Waals surface area contributed by atoms with E-state index in [0.29, 0.717) is 6.54 Å². The molecular weight excluding hydrogens is 388 g/mol. The summed E-state index contributed by atoms with van der Waals surface area (Å²) in [5.41, 5.74) is 4.52. The molecule has 1 aromatic heterocycles. The van der Waals surface area contributed by atoms with Gasteiger partial charge in [-0.3, -0.25) is 9.48 Å². The maximum absolute atomic E-state index is 12.1. The Morgan fingerprint density at radius 3 is 2.48 bits per heavy atom. The minimum atomic E-state index is -0.104. The lowest BCUT2D eigenvalue weighted by atomic mass is 10.0. The van der Waals surface area contributed by atoms with Crippen LogP contribution in [0.2, 0.25) is 0 Å². The molecule has 31 heavy (non-hydrogen) atoms. The zero-order valence-corrected chi connectivity index (χ0v) is 18.9. The van der Waals surface area contributed by atoms with Crippen molar-refractivity contribution in [2.45, 2.75) is 40.7 Å². The molecule has 0 bridgehead atoms. The number of hydrogen-bond acceptors (Lipinski definition) is 4. The highest BCUT2D eigenvalue weighted by atomic mass is 16.5. The summed E-state index contributed by atoms with van der Waals surface area (Å²) >= 11 is 0. The Bertz CT molecular complexity index is 1090. The van der Waals surface area contributed by atoms with Crippen LogP contribution in [0.25, 0.3) is 0 Å². The zero-order valence-electron chi connectivity index (χ0n) is 18.9. The lowest BCUT2D eigenvalue weighted by Gasteiger charge is -2.09. The highest BCUT2D eigenvalue weighted by molar-refractivity contribution is 5.77. The number of benzene rings is 2. The number of ether oxygens (including phenoxy) is 2. The van der Waals surface area contributed by atoms with Crippen LogP contribution in [0.3, 0.4) is 0 Å². The first kappa shape index (κ1) is 21.2. The molecule has 0 spiro atoms. The van der Waals surface area contributed by atoms with E-state index in [-0.39, 0.29) is 23.2 Å². The number of esters is 1. The van der Waals surface area contributed by atoms with E-state index in [1.54, 1.807) is 0 Å². The number of carbonyl (C=O) groups excluding carboxylic acids is 1. The van der Waals surface area contributed by atoms with Gasteiger partial charge >= 0.3 is 5.97 Å². The first-order valence-corrected chi connectivity index (χ1v) is 10.7. The van der Waals surface area contributed by atoms with Crippen LogP contribution in [0.1, 0.15) is 36.4 Å². The van der Waals surface area contributed by atoms with Gasteiger partial charge in [0, 0.05) is 5.69 Å². The van der Waals surface area contributed by atoms with Gasteiger partial charge in [-0.1, -0.05) is 44.2 Å². The van der Waals surface area contributed by atoms with Crippen molar-refractivity contribution in [2.75, 3.05) is 7.11 Å². The predicted molar refractivity (Wildman–Crippen MR) is 120 cm³/mol. The Labute approximate surface area is 184 Å². The molecule has 1 heterocycles. The summed E-state index contributed by atoms with van der Waals surface area (Å²) in [7, 11) is 1.47. The molecule has 1 aliphatic rings. The summed E-state index contributed by atoms with van der Waals surface area (Å²) in [5.74, 6) is 1.78. The summed E-state index contributed by atoms with van der Waals surface area (Å²) in [6, 6.07) is 17.9. The smallest absolute Gasteiger partial charge is 0.309 e. The van der Waals surface area contributed by atoms with E-state index >= 15 is 0 Å². The summed E-state index contributed by atoms with van der Waals surface area (Å²) in [6.07, 6.45) is 0.849. The van der Waals surface area contributed by atoms with Crippen LogP contribution in [0.4, 0.5) is 0 Å². The molecule has 3 aromatic rings. The van der Waals surface area contributed by atoms with Gasteiger partial charge in [0.1, 0.15) is 11.5 Å². The van der Waals surface area contributed by atoms with Gasteiger partial charge in [-0.25, -0.2) is 0 Å². The number of hydrogen-bond donors (Lipinski definition) is 0. The minimum Gasteiger partial charge on any atom is -0.469 e. The Morgan fingerprint density at radius 1 is 1.06 bits per heavy atom. The van der Waals surface area contributed by atoms with Crippen molar-refractivity contribution < 1.29 is 14.3 Å². The second-order valence-corrected chi connectivity index (χ2v) is 9.00. The molecule has 5 nitrogen and oxygen atoms in total. The van der Waals surface area contributed by atoms with Gasteiger partial charge in [0.15, 0.2) is 0 Å². The maximum atomic E-state index is 12.1. The molecule has 1 aliphatic carbocycles. The summed E-state index contributed by atoms with van der Waals surface area (Å²) in [6.45, 7) is 9.13. The number of methoxy groups -OCH3 is 1. The Balaban J connectivity index is 1.50. The molecule has 4 rings (SSSR count). The lowest BCUT2D eigenvalue weighted by Crippen LogP contribution is -2.07. The highest BCUT2D eigenvalue weighted by Gasteiger charge is 2.62. The third kappa shape index (κ3) is 4.22. The van der Waals surface area contributed by atoms with Crippen molar-refractivity contribution in [3.8, 4) is 11.5 Å². The fraction of sp³-hybridized carbons (Fsp3) is 0.385. The average Bonchev–Trinajstić information content (AvgIpc) is 3.20.